The lowest BCUT2D eigenvalue weighted by Crippen LogP contribution is -2.42. The summed E-state index contributed by atoms with van der Waals surface area (Å²) in [7, 11) is -3.92. The van der Waals surface area contributed by atoms with E-state index in [1.165, 1.54) is 24.3 Å². The molecule has 0 spiro atoms. The minimum atomic E-state index is -5.06. The van der Waals surface area contributed by atoms with Crippen molar-refractivity contribution in [3.05, 3.63) is 64.7 Å². The molecule has 142 valence electrons. The first kappa shape index (κ1) is 19.1. The highest BCUT2D eigenvalue weighted by atomic mass is 32.2. The van der Waals surface area contributed by atoms with Crippen molar-refractivity contribution in [1.29, 1.82) is 0 Å². The number of H-pyrrole nitrogens is 1. The second-order valence-corrected chi connectivity index (χ2v) is 7.93. The van der Waals surface area contributed by atoms with Crippen LogP contribution < -0.4 is 5.56 Å². The molecule has 0 aliphatic rings. The summed E-state index contributed by atoms with van der Waals surface area (Å²) in [5.74, 6) is -0.980. The molecule has 27 heavy (non-hydrogen) atoms. The maximum atomic E-state index is 13.0. The fourth-order valence-corrected chi connectivity index (χ4v) is 3.70. The number of hydrogen-bond acceptors (Lipinski definition) is 5. The quantitative estimate of drug-likeness (QED) is 0.706. The highest BCUT2D eigenvalue weighted by Crippen LogP contribution is 2.36. The van der Waals surface area contributed by atoms with Crippen molar-refractivity contribution in [1.82, 2.24) is 9.97 Å². The molecule has 6 nitrogen and oxygen atoms in total. The molecule has 0 radical (unpaired) electrons. The zero-order chi connectivity index (χ0) is 20.0. The molecule has 0 bridgehead atoms. The Morgan fingerprint density at radius 1 is 1.04 bits per heavy atom. The number of fused-ring (bicyclic) bond motifs is 1. The van der Waals surface area contributed by atoms with Gasteiger partial charge in [0.1, 0.15) is 0 Å². The van der Waals surface area contributed by atoms with Gasteiger partial charge in [0.05, 0.1) is 20.7 Å². The van der Waals surface area contributed by atoms with Crippen LogP contribution >= 0.6 is 0 Å². The maximum absolute atomic E-state index is 13.0. The molecule has 1 atom stereocenters. The second-order valence-electron chi connectivity index (χ2n) is 5.98. The first-order valence-electron chi connectivity index (χ1n) is 7.58. The van der Waals surface area contributed by atoms with Crippen molar-refractivity contribution in [2.24, 2.45) is 0 Å². The molecule has 0 fully saturated rings. The fourth-order valence-electron chi connectivity index (χ4n) is 2.39. The third-order valence-corrected chi connectivity index (χ3v) is 5.83. The minimum absolute atomic E-state index is 0.00497. The molecule has 0 saturated carbocycles. The Morgan fingerprint density at radius 3 is 2.26 bits per heavy atom. The SMILES string of the molecule is CC(O)(c1nc(=O)c2cc(S(=O)(=O)c3ccccc3)ccc2[nH]1)C(F)(F)F. The first-order chi connectivity index (χ1) is 12.4. The van der Waals surface area contributed by atoms with Crippen molar-refractivity contribution >= 4 is 20.7 Å². The molecule has 2 N–H and O–H groups in total. The topological polar surface area (TPSA) is 100 Å². The van der Waals surface area contributed by atoms with Gasteiger partial charge in [-0.3, -0.25) is 4.79 Å². The van der Waals surface area contributed by atoms with Crippen LogP contribution in [0.3, 0.4) is 0 Å². The van der Waals surface area contributed by atoms with Gasteiger partial charge in [-0.25, -0.2) is 8.42 Å². The van der Waals surface area contributed by atoms with E-state index in [0.29, 0.717) is 6.92 Å². The van der Waals surface area contributed by atoms with Crippen LogP contribution in [0.2, 0.25) is 0 Å². The van der Waals surface area contributed by atoms with E-state index in [-0.39, 0.29) is 20.7 Å². The predicted molar refractivity (Wildman–Crippen MR) is 89.9 cm³/mol. The Kier molecular flexibility index (Phi) is 4.35. The zero-order valence-electron chi connectivity index (χ0n) is 13.8. The van der Waals surface area contributed by atoms with Crippen molar-refractivity contribution in [2.75, 3.05) is 0 Å². The van der Waals surface area contributed by atoms with Gasteiger partial charge in [0, 0.05) is 0 Å². The van der Waals surface area contributed by atoms with E-state index in [1.54, 1.807) is 6.07 Å². The zero-order valence-corrected chi connectivity index (χ0v) is 14.6. The third-order valence-electron chi connectivity index (χ3n) is 4.06. The van der Waals surface area contributed by atoms with E-state index >= 15 is 0 Å². The maximum Gasteiger partial charge on any atom is 0.424 e. The third kappa shape index (κ3) is 3.21. The van der Waals surface area contributed by atoms with Gasteiger partial charge in [0.15, 0.2) is 5.82 Å². The summed E-state index contributed by atoms with van der Waals surface area (Å²) in [5.41, 5.74) is -4.54. The number of sulfone groups is 1. The van der Waals surface area contributed by atoms with Crippen LogP contribution in [0.5, 0.6) is 0 Å². The van der Waals surface area contributed by atoms with Crippen molar-refractivity contribution in [2.45, 2.75) is 28.5 Å². The lowest BCUT2D eigenvalue weighted by molar-refractivity contribution is -0.261. The van der Waals surface area contributed by atoms with Crippen LogP contribution in [0.4, 0.5) is 13.2 Å². The van der Waals surface area contributed by atoms with Crippen molar-refractivity contribution in [3.8, 4) is 0 Å². The van der Waals surface area contributed by atoms with Gasteiger partial charge in [-0.2, -0.15) is 18.2 Å². The molecular formula is C17H13F3N2O4S. The summed E-state index contributed by atoms with van der Waals surface area (Å²) in [6.07, 6.45) is -5.06. The van der Waals surface area contributed by atoms with E-state index in [1.807, 2.05) is 0 Å². The van der Waals surface area contributed by atoms with Crippen LogP contribution in [0.1, 0.15) is 12.7 Å². The van der Waals surface area contributed by atoms with E-state index in [9.17, 15) is 31.5 Å². The van der Waals surface area contributed by atoms with Crippen LogP contribution in [0, 0.1) is 0 Å². The number of aromatic nitrogens is 2. The molecule has 2 aromatic carbocycles. The normalized spacial score (nSPS) is 14.9. The summed E-state index contributed by atoms with van der Waals surface area (Å²) in [5, 5.41) is 9.47. The Balaban J connectivity index is 2.18. The molecular weight excluding hydrogens is 385 g/mol. The lowest BCUT2D eigenvalue weighted by Gasteiger charge is -2.25. The van der Waals surface area contributed by atoms with Gasteiger partial charge in [0.25, 0.3) is 5.56 Å². The van der Waals surface area contributed by atoms with Crippen LogP contribution in [0.25, 0.3) is 10.9 Å². The number of aromatic amines is 1. The van der Waals surface area contributed by atoms with Crippen molar-refractivity contribution < 1.29 is 26.7 Å². The van der Waals surface area contributed by atoms with Gasteiger partial charge < -0.3 is 10.1 Å². The standard InChI is InChI=1S/C17H13F3N2O4S/c1-16(24,17(18,19)20)15-21-13-8-7-11(9-12(13)14(23)22-15)27(25,26)10-5-3-2-4-6-10/h2-9,24H,1H3,(H,21,22,23). The first-order valence-corrected chi connectivity index (χ1v) is 9.07. The number of alkyl halides is 3. The monoisotopic (exact) mass is 398 g/mol. The second kappa shape index (κ2) is 6.17. The summed E-state index contributed by atoms with van der Waals surface area (Å²) in [6.45, 7) is 0.464. The molecule has 0 amide bonds. The van der Waals surface area contributed by atoms with Crippen LogP contribution in [-0.4, -0.2) is 29.7 Å². The van der Waals surface area contributed by atoms with Crippen LogP contribution in [-0.2, 0) is 15.4 Å². The Morgan fingerprint density at radius 2 is 1.67 bits per heavy atom. The Labute approximate surface area is 151 Å². The summed E-state index contributed by atoms with van der Waals surface area (Å²) >= 11 is 0. The van der Waals surface area contributed by atoms with Gasteiger partial charge in [-0.1, -0.05) is 18.2 Å². The molecule has 1 heterocycles. The highest BCUT2D eigenvalue weighted by molar-refractivity contribution is 7.91. The number of rotatable bonds is 3. The molecule has 0 aliphatic heterocycles. The van der Waals surface area contributed by atoms with Gasteiger partial charge >= 0.3 is 6.18 Å². The molecule has 10 heteroatoms. The number of aliphatic hydroxyl groups is 1. The molecule has 1 aromatic heterocycles. The predicted octanol–water partition coefficient (Wildman–Crippen LogP) is 2.53. The Bertz CT molecular complexity index is 1170. The average Bonchev–Trinajstić information content (AvgIpc) is 2.61. The molecule has 0 saturated heterocycles. The van der Waals surface area contributed by atoms with Crippen molar-refractivity contribution in [3.63, 3.8) is 0 Å². The average molecular weight is 398 g/mol. The summed E-state index contributed by atoms with van der Waals surface area (Å²) in [4.78, 5) is 17.5. The largest absolute Gasteiger partial charge is 0.424 e. The fraction of sp³-hybridized carbons (Fsp3) is 0.176. The van der Waals surface area contributed by atoms with E-state index in [2.05, 4.69) is 9.97 Å². The molecule has 0 aliphatic carbocycles. The van der Waals surface area contributed by atoms with Gasteiger partial charge in [-0.05, 0) is 37.3 Å². The molecule has 3 rings (SSSR count). The van der Waals surface area contributed by atoms with Gasteiger partial charge in [0.2, 0.25) is 15.4 Å². The van der Waals surface area contributed by atoms with Gasteiger partial charge in [-0.15, -0.1) is 0 Å². The number of benzene rings is 2. The number of nitrogens with one attached hydrogen (secondary N) is 1. The molecule has 3 aromatic rings. The minimum Gasteiger partial charge on any atom is -0.374 e. The lowest BCUT2D eigenvalue weighted by atomic mass is 10.1. The van der Waals surface area contributed by atoms with E-state index in [4.69, 9.17) is 0 Å². The number of nitrogens with zero attached hydrogens (tertiary/aromatic N) is 1. The molecule has 1 unspecified atom stereocenters. The van der Waals surface area contributed by atoms with Crippen LogP contribution in [0.15, 0.2) is 63.1 Å². The Hall–Kier alpha value is -2.72. The summed E-state index contributed by atoms with van der Waals surface area (Å²) in [6, 6.07) is 10.8. The van der Waals surface area contributed by atoms with E-state index < -0.39 is 33.0 Å². The summed E-state index contributed by atoms with van der Waals surface area (Å²) < 4.78 is 64.2. The number of hydrogen-bond donors (Lipinski definition) is 2. The highest BCUT2D eigenvalue weighted by Gasteiger charge is 2.53. The number of halogens is 3. The smallest absolute Gasteiger partial charge is 0.374 e. The van der Waals surface area contributed by atoms with E-state index in [0.717, 1.165) is 18.2 Å².